The van der Waals surface area contributed by atoms with Gasteiger partial charge in [0.05, 0.1) is 24.2 Å². The molecule has 3 aromatic rings. The third kappa shape index (κ3) is 7.87. The number of esters is 1. The van der Waals surface area contributed by atoms with Crippen LogP contribution in [-0.2, 0) is 21.2 Å². The fraction of sp³-hybridized carbons (Fsp3) is 0.259. The molecule has 10 nitrogen and oxygen atoms in total. The molecule has 1 heterocycles. The van der Waals surface area contributed by atoms with Crippen molar-refractivity contribution in [2.45, 2.75) is 25.2 Å². The van der Waals surface area contributed by atoms with Gasteiger partial charge in [0.1, 0.15) is 11.4 Å². The molecule has 0 saturated heterocycles. The van der Waals surface area contributed by atoms with Gasteiger partial charge in [-0.15, -0.1) is 0 Å². The Kier molecular flexibility index (Phi) is 9.55. The molecule has 0 fully saturated rings. The summed E-state index contributed by atoms with van der Waals surface area (Å²) in [6.45, 7) is 4.39. The Hall–Kier alpha value is -4.25. The lowest BCUT2D eigenvalue weighted by molar-refractivity contribution is 0.0451. The Labute approximate surface area is 221 Å². The number of methoxy groups -OCH3 is 1. The molecule has 0 unspecified atom stereocenters. The van der Waals surface area contributed by atoms with Crippen molar-refractivity contribution in [3.8, 4) is 5.75 Å². The van der Waals surface area contributed by atoms with Gasteiger partial charge in [-0.1, -0.05) is 26.0 Å². The second-order valence-electron chi connectivity index (χ2n) is 8.74. The summed E-state index contributed by atoms with van der Waals surface area (Å²) < 4.78 is 37.5. The van der Waals surface area contributed by atoms with Crippen LogP contribution in [-0.4, -0.2) is 51.4 Å². The van der Waals surface area contributed by atoms with Crippen LogP contribution in [0, 0.1) is 5.92 Å². The van der Waals surface area contributed by atoms with Crippen LogP contribution >= 0.6 is 0 Å². The van der Waals surface area contributed by atoms with Gasteiger partial charge in [-0.3, -0.25) is 9.59 Å². The van der Waals surface area contributed by atoms with Crippen molar-refractivity contribution in [2.75, 3.05) is 20.3 Å². The largest absolute Gasteiger partial charge is 0.497 e. The first-order chi connectivity index (χ1) is 18.1. The van der Waals surface area contributed by atoms with Gasteiger partial charge in [-0.05, 0) is 66.4 Å². The predicted octanol–water partition coefficient (Wildman–Crippen LogP) is 2.99. The summed E-state index contributed by atoms with van der Waals surface area (Å²) in [6, 6.07) is 15.3. The van der Waals surface area contributed by atoms with E-state index in [9.17, 15) is 22.8 Å². The van der Waals surface area contributed by atoms with Crippen LogP contribution in [0.2, 0.25) is 0 Å². The summed E-state index contributed by atoms with van der Waals surface area (Å²) in [7, 11) is -2.63. The van der Waals surface area contributed by atoms with Gasteiger partial charge < -0.3 is 14.8 Å². The fourth-order valence-electron chi connectivity index (χ4n) is 3.24. The maximum Gasteiger partial charge on any atom is 0.356 e. The highest BCUT2D eigenvalue weighted by molar-refractivity contribution is 7.90. The first-order valence-electron chi connectivity index (χ1n) is 11.8. The summed E-state index contributed by atoms with van der Waals surface area (Å²) in [6.07, 6.45) is 1.69. The first-order valence-corrected chi connectivity index (χ1v) is 13.3. The number of ether oxygens (including phenoxy) is 2. The minimum atomic E-state index is -4.22. The van der Waals surface area contributed by atoms with E-state index < -0.39 is 21.9 Å². The lowest BCUT2D eigenvalue weighted by atomic mass is 10.1. The maximum atomic E-state index is 12.7. The summed E-state index contributed by atoms with van der Waals surface area (Å²) in [5, 5.41) is 2.78. The summed E-state index contributed by atoms with van der Waals surface area (Å²) in [5.41, 5.74) is 1.21. The lowest BCUT2D eigenvalue weighted by Gasteiger charge is -2.09. The van der Waals surface area contributed by atoms with Gasteiger partial charge in [-0.25, -0.2) is 22.9 Å². The van der Waals surface area contributed by atoms with E-state index in [0.29, 0.717) is 13.0 Å². The second kappa shape index (κ2) is 12.8. The number of carbonyl (C=O) groups excluding carboxylic acids is 3. The Morgan fingerprint density at radius 2 is 1.66 bits per heavy atom. The molecule has 2 N–H and O–H groups in total. The normalized spacial score (nSPS) is 11.1. The molecule has 11 heteroatoms. The molecule has 1 aromatic heterocycles. The number of aromatic nitrogens is 1. The number of nitrogens with zero attached hydrogens (tertiary/aromatic N) is 1. The third-order valence-electron chi connectivity index (χ3n) is 5.27. The molecule has 38 heavy (non-hydrogen) atoms. The number of sulfonamides is 1. The molecule has 0 aliphatic heterocycles. The maximum absolute atomic E-state index is 12.7. The van der Waals surface area contributed by atoms with E-state index in [4.69, 9.17) is 9.47 Å². The third-order valence-corrected chi connectivity index (χ3v) is 6.62. The highest BCUT2D eigenvalue weighted by Gasteiger charge is 2.20. The predicted molar refractivity (Wildman–Crippen MR) is 139 cm³/mol. The van der Waals surface area contributed by atoms with Gasteiger partial charge in [0, 0.05) is 18.3 Å². The van der Waals surface area contributed by atoms with Crippen LogP contribution in [0.15, 0.2) is 71.8 Å². The number of hydrogen-bond donors (Lipinski definition) is 2. The van der Waals surface area contributed by atoms with Crippen molar-refractivity contribution in [3.63, 3.8) is 0 Å². The number of rotatable bonds is 11. The zero-order chi connectivity index (χ0) is 27.7. The van der Waals surface area contributed by atoms with Gasteiger partial charge in [-0.2, -0.15) is 0 Å². The van der Waals surface area contributed by atoms with E-state index in [2.05, 4.69) is 10.3 Å². The van der Waals surface area contributed by atoms with E-state index in [-0.39, 0.29) is 40.1 Å². The number of carbonyl (C=O) groups is 3. The molecule has 2 aromatic carbocycles. The number of nitrogens with one attached hydrogen (secondary N) is 2. The molecule has 3 rings (SSSR count). The summed E-state index contributed by atoms with van der Waals surface area (Å²) in [5.74, 6) is -1.03. The average Bonchev–Trinajstić information content (AvgIpc) is 2.91. The summed E-state index contributed by atoms with van der Waals surface area (Å²) in [4.78, 5) is 40.5. The molecule has 0 radical (unpaired) electrons. The van der Waals surface area contributed by atoms with Gasteiger partial charge in [0.2, 0.25) is 0 Å². The highest BCUT2D eigenvalue weighted by Crippen LogP contribution is 2.14. The SMILES string of the molecule is COc1cccc(CCNC(=O)c2ccc(S(=O)(=O)NC(=O)c3ccc(C(=O)OCC(C)C)nc3)cc2)c1. The number of amides is 2. The first kappa shape index (κ1) is 28.3. The molecule has 0 aliphatic rings. The number of pyridine rings is 1. The molecule has 0 aliphatic carbocycles. The van der Waals surface area contributed by atoms with E-state index in [0.717, 1.165) is 17.5 Å². The Bertz CT molecular complexity index is 1390. The van der Waals surface area contributed by atoms with Crippen LogP contribution in [0.1, 0.15) is 50.6 Å². The Morgan fingerprint density at radius 1 is 0.947 bits per heavy atom. The van der Waals surface area contributed by atoms with Crippen LogP contribution in [0.4, 0.5) is 0 Å². The number of benzene rings is 2. The lowest BCUT2D eigenvalue weighted by Crippen LogP contribution is -2.31. The van der Waals surface area contributed by atoms with Crippen LogP contribution < -0.4 is 14.8 Å². The molecule has 0 atom stereocenters. The Balaban J connectivity index is 1.56. The monoisotopic (exact) mass is 539 g/mol. The zero-order valence-electron chi connectivity index (χ0n) is 21.3. The van der Waals surface area contributed by atoms with Crippen molar-refractivity contribution in [2.24, 2.45) is 5.92 Å². The second-order valence-corrected chi connectivity index (χ2v) is 10.4. The zero-order valence-corrected chi connectivity index (χ0v) is 22.1. The summed E-state index contributed by atoms with van der Waals surface area (Å²) >= 11 is 0. The van der Waals surface area contributed by atoms with E-state index in [1.54, 1.807) is 7.11 Å². The number of hydrogen-bond acceptors (Lipinski definition) is 8. The molecule has 200 valence electrons. The van der Waals surface area contributed by atoms with E-state index >= 15 is 0 Å². The van der Waals surface area contributed by atoms with Gasteiger partial charge in [0.25, 0.3) is 21.8 Å². The average molecular weight is 540 g/mol. The molecule has 2 amide bonds. The fourth-order valence-corrected chi connectivity index (χ4v) is 4.22. The van der Waals surface area contributed by atoms with Crippen molar-refractivity contribution in [3.05, 3.63) is 89.2 Å². The van der Waals surface area contributed by atoms with Crippen molar-refractivity contribution in [1.82, 2.24) is 15.0 Å². The van der Waals surface area contributed by atoms with Crippen LogP contribution in [0.5, 0.6) is 5.75 Å². The standard InChI is InChI=1S/C27H29N3O7S/c1-18(2)17-37-27(33)24-12-9-21(16-29-24)26(32)30-38(34,35)23-10-7-20(8-11-23)25(31)28-14-13-19-5-4-6-22(15-19)36-3/h4-12,15-16,18H,13-14,17H2,1-3H3,(H,28,31)(H,30,32). The minimum Gasteiger partial charge on any atom is -0.497 e. The highest BCUT2D eigenvalue weighted by atomic mass is 32.2. The molecule has 0 saturated carbocycles. The van der Waals surface area contributed by atoms with Crippen LogP contribution in [0.3, 0.4) is 0 Å². The smallest absolute Gasteiger partial charge is 0.356 e. The van der Waals surface area contributed by atoms with Crippen molar-refractivity contribution >= 4 is 27.8 Å². The minimum absolute atomic E-state index is 0.00224. The molecule has 0 spiro atoms. The Morgan fingerprint density at radius 3 is 2.29 bits per heavy atom. The van der Waals surface area contributed by atoms with E-state index in [1.165, 1.54) is 36.4 Å². The quantitative estimate of drug-likeness (QED) is 0.354. The van der Waals surface area contributed by atoms with Crippen LogP contribution in [0.25, 0.3) is 0 Å². The van der Waals surface area contributed by atoms with Gasteiger partial charge >= 0.3 is 5.97 Å². The molecular weight excluding hydrogens is 510 g/mol. The molecular formula is C27H29N3O7S. The van der Waals surface area contributed by atoms with E-state index in [1.807, 2.05) is 42.8 Å². The van der Waals surface area contributed by atoms with Crippen molar-refractivity contribution in [1.29, 1.82) is 0 Å². The molecule has 0 bridgehead atoms. The van der Waals surface area contributed by atoms with Crippen molar-refractivity contribution < 1.29 is 32.3 Å². The topological polar surface area (TPSA) is 141 Å². The van der Waals surface area contributed by atoms with Gasteiger partial charge in [0.15, 0.2) is 0 Å².